The number of aromatic nitrogens is 1. The lowest BCUT2D eigenvalue weighted by atomic mass is 10.0. The van der Waals surface area contributed by atoms with Crippen molar-refractivity contribution in [3.05, 3.63) is 76.0 Å². The molecule has 0 spiro atoms. The van der Waals surface area contributed by atoms with E-state index in [0.717, 1.165) is 12.1 Å². The monoisotopic (exact) mass is 476 g/mol. The molecule has 0 fully saturated rings. The number of nitrogens with zero attached hydrogens (tertiary/aromatic N) is 1. The van der Waals surface area contributed by atoms with Gasteiger partial charge in [0.05, 0.1) is 5.75 Å². The zero-order valence-corrected chi connectivity index (χ0v) is 18.7. The van der Waals surface area contributed by atoms with Crippen LogP contribution in [0, 0.1) is 11.6 Å². The molecule has 2 aromatic heterocycles. The molecule has 0 saturated heterocycles. The molecular weight excluding hydrogens is 458 g/mol. The summed E-state index contributed by atoms with van der Waals surface area (Å²) in [7, 11) is -1.98. The van der Waals surface area contributed by atoms with Crippen molar-refractivity contribution in [1.82, 2.24) is 4.57 Å². The van der Waals surface area contributed by atoms with Gasteiger partial charge in [0.2, 0.25) is 10.0 Å². The SMILES string of the molecule is CCS(=O)(=O)Nc1ccc(Oc2c(F)cccc2F)c(-c2cn(C)c(=O)c3sccc23)c1. The Hall–Kier alpha value is -3.24. The fraction of sp³-hybridized carbons (Fsp3) is 0.136. The first-order valence-corrected chi connectivity index (χ1v) is 12.1. The molecule has 2 aromatic carbocycles. The van der Waals surface area contributed by atoms with Gasteiger partial charge in [0.25, 0.3) is 5.56 Å². The number of ether oxygens (including phenoxy) is 1. The highest BCUT2D eigenvalue weighted by Crippen LogP contribution is 2.40. The Morgan fingerprint density at radius 2 is 1.81 bits per heavy atom. The maximum Gasteiger partial charge on any atom is 0.268 e. The van der Waals surface area contributed by atoms with Crippen LogP contribution in [-0.2, 0) is 17.1 Å². The molecule has 0 aliphatic heterocycles. The van der Waals surface area contributed by atoms with E-state index in [1.807, 2.05) is 0 Å². The average molecular weight is 477 g/mol. The van der Waals surface area contributed by atoms with E-state index in [-0.39, 0.29) is 22.7 Å². The minimum absolute atomic E-state index is 0.0968. The first-order valence-electron chi connectivity index (χ1n) is 9.54. The number of benzene rings is 2. The summed E-state index contributed by atoms with van der Waals surface area (Å²) in [6.45, 7) is 1.50. The van der Waals surface area contributed by atoms with Crippen molar-refractivity contribution in [1.29, 1.82) is 0 Å². The van der Waals surface area contributed by atoms with Gasteiger partial charge in [0.15, 0.2) is 17.4 Å². The highest BCUT2D eigenvalue weighted by Gasteiger charge is 2.19. The summed E-state index contributed by atoms with van der Waals surface area (Å²) in [4.78, 5) is 12.5. The fourth-order valence-corrected chi connectivity index (χ4v) is 4.74. The molecular formula is C22H18F2N2O4S2. The first kappa shape index (κ1) is 22.0. The van der Waals surface area contributed by atoms with E-state index in [1.54, 1.807) is 24.7 Å². The summed E-state index contributed by atoms with van der Waals surface area (Å²) in [6.07, 6.45) is 1.58. The maximum atomic E-state index is 14.2. The van der Waals surface area contributed by atoms with E-state index in [2.05, 4.69) is 4.72 Å². The molecule has 0 atom stereocenters. The molecule has 0 amide bonds. The lowest BCUT2D eigenvalue weighted by molar-refractivity contribution is 0.408. The molecule has 10 heteroatoms. The Bertz CT molecular complexity index is 1470. The number of pyridine rings is 1. The number of rotatable bonds is 6. The number of hydrogen-bond acceptors (Lipinski definition) is 5. The molecule has 0 bridgehead atoms. The Balaban J connectivity index is 1.95. The van der Waals surface area contributed by atoms with Gasteiger partial charge in [-0.15, -0.1) is 11.3 Å². The molecule has 2 heterocycles. The molecule has 6 nitrogen and oxygen atoms in total. The predicted octanol–water partition coefficient (Wildman–Crippen LogP) is 5.10. The van der Waals surface area contributed by atoms with Crippen molar-refractivity contribution in [2.75, 3.05) is 10.5 Å². The second-order valence-corrected chi connectivity index (χ2v) is 9.92. The van der Waals surface area contributed by atoms with Crippen molar-refractivity contribution in [2.24, 2.45) is 7.05 Å². The average Bonchev–Trinajstić information content (AvgIpc) is 3.24. The lowest BCUT2D eigenvalue weighted by Crippen LogP contribution is -2.16. The highest BCUT2D eigenvalue weighted by molar-refractivity contribution is 7.92. The second kappa shape index (κ2) is 8.36. The second-order valence-electron chi connectivity index (χ2n) is 6.99. The van der Waals surface area contributed by atoms with Crippen LogP contribution >= 0.6 is 11.3 Å². The number of aryl methyl sites for hydroxylation is 1. The Labute approximate surface area is 186 Å². The van der Waals surface area contributed by atoms with Crippen LogP contribution in [0.3, 0.4) is 0 Å². The molecule has 0 aliphatic rings. The van der Waals surface area contributed by atoms with Crippen molar-refractivity contribution >= 4 is 37.1 Å². The molecule has 0 saturated carbocycles. The number of nitrogens with one attached hydrogen (secondary N) is 1. The number of halogens is 2. The normalized spacial score (nSPS) is 11.6. The van der Waals surface area contributed by atoms with Crippen LogP contribution in [0.4, 0.5) is 14.5 Å². The zero-order valence-electron chi connectivity index (χ0n) is 17.1. The summed E-state index contributed by atoms with van der Waals surface area (Å²) in [5, 5.41) is 2.38. The van der Waals surface area contributed by atoms with E-state index in [0.29, 0.717) is 21.2 Å². The third-order valence-electron chi connectivity index (χ3n) is 4.85. The Kier molecular flexibility index (Phi) is 5.74. The molecule has 1 N–H and O–H groups in total. The summed E-state index contributed by atoms with van der Waals surface area (Å²) in [5.41, 5.74) is 0.972. The molecule has 0 radical (unpaired) electrons. The predicted molar refractivity (Wildman–Crippen MR) is 122 cm³/mol. The van der Waals surface area contributed by atoms with Crippen molar-refractivity contribution in [3.63, 3.8) is 0 Å². The summed E-state index contributed by atoms with van der Waals surface area (Å²) >= 11 is 1.26. The van der Waals surface area contributed by atoms with E-state index in [9.17, 15) is 22.0 Å². The van der Waals surface area contributed by atoms with Gasteiger partial charge >= 0.3 is 0 Å². The molecule has 4 rings (SSSR count). The summed E-state index contributed by atoms with van der Waals surface area (Å²) in [6, 6.07) is 9.51. The maximum absolute atomic E-state index is 14.2. The van der Waals surface area contributed by atoms with Gasteiger partial charge in [0.1, 0.15) is 10.4 Å². The quantitative estimate of drug-likeness (QED) is 0.420. The van der Waals surface area contributed by atoms with Crippen molar-refractivity contribution in [2.45, 2.75) is 6.92 Å². The number of para-hydroxylation sites is 1. The standard InChI is InChI=1S/C22H18F2N2O4S2/c1-3-32(28,29)25-13-7-8-19(30-20-17(23)5-4-6-18(20)24)15(11-13)16-12-26(2)22(27)21-14(16)9-10-31-21/h4-12,25H,3H2,1-2H3. The summed E-state index contributed by atoms with van der Waals surface area (Å²) in [5.74, 6) is -2.38. The van der Waals surface area contributed by atoms with E-state index < -0.39 is 27.4 Å². The van der Waals surface area contributed by atoms with Crippen molar-refractivity contribution < 1.29 is 21.9 Å². The third-order valence-corrected chi connectivity index (χ3v) is 7.06. The minimum atomic E-state index is -3.57. The van der Waals surface area contributed by atoms with Crippen LogP contribution in [0.5, 0.6) is 11.5 Å². The molecule has 166 valence electrons. The zero-order chi connectivity index (χ0) is 23.0. The number of sulfonamides is 1. The van der Waals surface area contributed by atoms with Crippen LogP contribution in [0.15, 0.2) is 58.8 Å². The van der Waals surface area contributed by atoms with E-state index in [4.69, 9.17) is 4.74 Å². The molecule has 32 heavy (non-hydrogen) atoms. The number of thiophene rings is 1. The Morgan fingerprint density at radius 3 is 2.50 bits per heavy atom. The number of hydrogen-bond donors (Lipinski definition) is 1. The van der Waals surface area contributed by atoms with Crippen LogP contribution in [-0.4, -0.2) is 18.7 Å². The van der Waals surface area contributed by atoms with Gasteiger partial charge in [-0.1, -0.05) is 6.07 Å². The van der Waals surface area contributed by atoms with Gasteiger partial charge in [-0.05, 0) is 48.7 Å². The van der Waals surface area contributed by atoms with Crippen LogP contribution in [0.25, 0.3) is 21.2 Å². The lowest BCUT2D eigenvalue weighted by Gasteiger charge is -2.16. The third kappa shape index (κ3) is 4.11. The largest absolute Gasteiger partial charge is 0.451 e. The van der Waals surface area contributed by atoms with Crippen LogP contribution in [0.2, 0.25) is 0 Å². The van der Waals surface area contributed by atoms with Crippen LogP contribution < -0.4 is 15.0 Å². The molecule has 4 aromatic rings. The van der Waals surface area contributed by atoms with Gasteiger partial charge < -0.3 is 9.30 Å². The van der Waals surface area contributed by atoms with Gasteiger partial charge in [-0.3, -0.25) is 9.52 Å². The smallest absolute Gasteiger partial charge is 0.268 e. The highest BCUT2D eigenvalue weighted by atomic mass is 32.2. The van der Waals surface area contributed by atoms with Gasteiger partial charge in [-0.2, -0.15) is 0 Å². The minimum Gasteiger partial charge on any atom is -0.451 e. The Morgan fingerprint density at radius 1 is 1.09 bits per heavy atom. The fourth-order valence-electron chi connectivity index (χ4n) is 3.22. The first-order chi connectivity index (χ1) is 15.2. The van der Waals surface area contributed by atoms with Gasteiger partial charge in [0, 0.05) is 35.4 Å². The van der Waals surface area contributed by atoms with E-state index >= 15 is 0 Å². The van der Waals surface area contributed by atoms with E-state index in [1.165, 1.54) is 47.1 Å². The molecule has 0 aliphatic carbocycles. The topological polar surface area (TPSA) is 77.4 Å². The number of anilines is 1. The number of fused-ring (bicyclic) bond motifs is 1. The summed E-state index contributed by atoms with van der Waals surface area (Å²) < 4.78 is 62.6. The molecule has 0 unspecified atom stereocenters. The van der Waals surface area contributed by atoms with Gasteiger partial charge in [-0.25, -0.2) is 17.2 Å². The van der Waals surface area contributed by atoms with Crippen LogP contribution in [0.1, 0.15) is 6.92 Å². The van der Waals surface area contributed by atoms with Crippen molar-refractivity contribution in [3.8, 4) is 22.6 Å².